The highest BCUT2D eigenvalue weighted by molar-refractivity contribution is 7.89. The summed E-state index contributed by atoms with van der Waals surface area (Å²) in [6, 6.07) is 11.6. The summed E-state index contributed by atoms with van der Waals surface area (Å²) in [5.74, 6) is 0.413. The summed E-state index contributed by atoms with van der Waals surface area (Å²) < 4.78 is 33.2. The molecule has 0 aromatic heterocycles. The van der Waals surface area contributed by atoms with E-state index in [1.165, 1.54) is 16.4 Å². The highest BCUT2D eigenvalue weighted by Gasteiger charge is 2.28. The van der Waals surface area contributed by atoms with Crippen LogP contribution in [0.1, 0.15) is 61.5 Å². The van der Waals surface area contributed by atoms with E-state index in [0.29, 0.717) is 19.7 Å². The third kappa shape index (κ3) is 5.79. The predicted octanol–water partition coefficient (Wildman–Crippen LogP) is 4.79. The number of rotatable bonds is 7. The molecule has 3 rings (SSSR count). The number of hydrogen-bond acceptors (Lipinski definition) is 4. The highest BCUT2D eigenvalue weighted by Crippen LogP contribution is 2.28. The highest BCUT2D eigenvalue weighted by atomic mass is 35.5. The first kappa shape index (κ1) is 23.6. The molecule has 1 amide bonds. The van der Waals surface area contributed by atoms with Gasteiger partial charge in [-0.2, -0.15) is 4.31 Å². The zero-order chi connectivity index (χ0) is 22.4. The van der Waals surface area contributed by atoms with Crippen molar-refractivity contribution in [3.8, 4) is 5.75 Å². The number of nitrogens with zero attached hydrogens (tertiary/aromatic N) is 1. The fourth-order valence-corrected chi connectivity index (χ4v) is 5.66. The first-order chi connectivity index (χ1) is 14.8. The van der Waals surface area contributed by atoms with Gasteiger partial charge in [0.2, 0.25) is 10.0 Å². The fraction of sp³-hybridized carbons (Fsp3) is 0.435. The molecule has 8 heteroatoms. The summed E-state index contributed by atoms with van der Waals surface area (Å²) in [5.41, 5.74) is 1.18. The number of sulfonamides is 1. The largest absolute Gasteiger partial charge is 0.494 e. The molecule has 6 nitrogen and oxygen atoms in total. The first-order valence-corrected chi connectivity index (χ1v) is 12.5. The number of benzene rings is 2. The molecule has 1 fully saturated rings. The van der Waals surface area contributed by atoms with Crippen LogP contribution in [0.4, 0.5) is 0 Å². The van der Waals surface area contributed by atoms with Crippen LogP contribution in [0.2, 0.25) is 5.02 Å². The van der Waals surface area contributed by atoms with Gasteiger partial charge in [0.05, 0.1) is 17.7 Å². The molecule has 168 valence electrons. The quantitative estimate of drug-likeness (QED) is 0.638. The molecular formula is C23H29ClN2O4S. The van der Waals surface area contributed by atoms with Crippen LogP contribution in [0.3, 0.4) is 0 Å². The zero-order valence-corrected chi connectivity index (χ0v) is 19.5. The molecule has 2 aromatic rings. The Morgan fingerprint density at radius 2 is 1.74 bits per heavy atom. The van der Waals surface area contributed by atoms with Crippen LogP contribution in [0.15, 0.2) is 47.4 Å². The normalized spacial score (nSPS) is 16.4. The molecule has 0 aliphatic carbocycles. The molecular weight excluding hydrogens is 436 g/mol. The second-order valence-corrected chi connectivity index (χ2v) is 9.97. The molecule has 0 spiro atoms. The molecule has 2 aromatic carbocycles. The van der Waals surface area contributed by atoms with Crippen molar-refractivity contribution in [1.82, 2.24) is 9.62 Å². The van der Waals surface area contributed by atoms with Gasteiger partial charge >= 0.3 is 0 Å². The minimum absolute atomic E-state index is 0.0163. The second kappa shape index (κ2) is 10.5. The molecule has 0 radical (unpaired) electrons. The van der Waals surface area contributed by atoms with E-state index in [1.54, 1.807) is 6.07 Å². The first-order valence-electron chi connectivity index (χ1n) is 10.7. The van der Waals surface area contributed by atoms with Gasteiger partial charge in [0.1, 0.15) is 10.6 Å². The van der Waals surface area contributed by atoms with E-state index in [2.05, 4.69) is 5.32 Å². The molecule has 1 aliphatic rings. The van der Waals surface area contributed by atoms with Gasteiger partial charge in [-0.1, -0.05) is 36.6 Å². The molecule has 0 unspecified atom stereocenters. The molecule has 31 heavy (non-hydrogen) atoms. The fourth-order valence-electron chi connectivity index (χ4n) is 3.65. The Labute approximate surface area is 189 Å². The van der Waals surface area contributed by atoms with Gasteiger partial charge in [0.25, 0.3) is 5.91 Å². The number of halogens is 1. The molecule has 1 aliphatic heterocycles. The van der Waals surface area contributed by atoms with E-state index in [9.17, 15) is 13.2 Å². The lowest BCUT2D eigenvalue weighted by atomic mass is 10.1. The Morgan fingerprint density at radius 3 is 2.35 bits per heavy atom. The zero-order valence-electron chi connectivity index (χ0n) is 17.9. The second-order valence-electron chi connectivity index (χ2n) is 7.66. The smallest absolute Gasteiger partial charge is 0.251 e. The number of nitrogens with one attached hydrogen (secondary N) is 1. The van der Waals surface area contributed by atoms with E-state index in [1.807, 2.05) is 38.1 Å². The van der Waals surface area contributed by atoms with Crippen LogP contribution >= 0.6 is 11.6 Å². The Bertz CT molecular complexity index is 1000. The third-order valence-corrected chi connectivity index (χ3v) is 7.80. The molecule has 0 bridgehead atoms. The Morgan fingerprint density at radius 1 is 1.10 bits per heavy atom. The van der Waals surface area contributed by atoms with Gasteiger partial charge in [-0.3, -0.25) is 4.79 Å². The summed E-state index contributed by atoms with van der Waals surface area (Å²) in [4.78, 5) is 12.8. The molecule has 1 atom stereocenters. The van der Waals surface area contributed by atoms with Crippen LogP contribution < -0.4 is 10.1 Å². The van der Waals surface area contributed by atoms with Crippen molar-refractivity contribution in [2.45, 2.75) is 50.5 Å². The number of carbonyl (C=O) groups excluding carboxylic acids is 1. The number of amides is 1. The summed E-state index contributed by atoms with van der Waals surface area (Å²) in [5, 5.41) is 3.05. The summed E-state index contributed by atoms with van der Waals surface area (Å²) >= 11 is 6.24. The van der Waals surface area contributed by atoms with E-state index in [-0.39, 0.29) is 27.4 Å². The minimum Gasteiger partial charge on any atom is -0.494 e. The molecule has 1 saturated heterocycles. The van der Waals surface area contributed by atoms with Gasteiger partial charge < -0.3 is 10.1 Å². The van der Waals surface area contributed by atoms with Crippen molar-refractivity contribution in [3.63, 3.8) is 0 Å². The summed E-state index contributed by atoms with van der Waals surface area (Å²) in [6.45, 7) is 5.33. The van der Waals surface area contributed by atoms with Crippen LogP contribution in [-0.2, 0) is 10.0 Å². The molecule has 0 saturated carbocycles. The standard InChI is InChI=1S/C23H29ClN2O4S/c1-3-30-20-11-8-18(9-12-20)17(2)25-23(27)19-10-13-21(24)22(16-19)31(28,29)26-14-6-4-5-7-15-26/h8-13,16-17H,3-7,14-15H2,1-2H3,(H,25,27)/t17-/m1/s1. The van der Waals surface area contributed by atoms with Gasteiger partial charge in [0.15, 0.2) is 0 Å². The SMILES string of the molecule is CCOc1ccc([C@@H](C)NC(=O)c2ccc(Cl)c(S(=O)(=O)N3CCCCCC3)c2)cc1. The topological polar surface area (TPSA) is 75.7 Å². The molecule has 1 heterocycles. The third-order valence-electron chi connectivity index (χ3n) is 5.41. The van der Waals surface area contributed by atoms with E-state index < -0.39 is 10.0 Å². The van der Waals surface area contributed by atoms with Gasteiger partial charge in [-0.05, 0) is 62.6 Å². The number of ether oxygens (including phenoxy) is 1. The van der Waals surface area contributed by atoms with E-state index in [0.717, 1.165) is 37.0 Å². The van der Waals surface area contributed by atoms with Gasteiger partial charge in [-0.25, -0.2) is 8.42 Å². The number of carbonyl (C=O) groups is 1. The van der Waals surface area contributed by atoms with E-state index >= 15 is 0 Å². The Kier molecular flexibility index (Phi) is 7.97. The Balaban J connectivity index is 1.77. The average molecular weight is 465 g/mol. The van der Waals surface area contributed by atoms with Crippen molar-refractivity contribution in [2.24, 2.45) is 0 Å². The maximum Gasteiger partial charge on any atom is 0.251 e. The summed E-state index contributed by atoms with van der Waals surface area (Å²) in [6.07, 6.45) is 3.70. The lowest BCUT2D eigenvalue weighted by Crippen LogP contribution is -2.32. The van der Waals surface area contributed by atoms with Crippen molar-refractivity contribution >= 4 is 27.5 Å². The summed E-state index contributed by atoms with van der Waals surface area (Å²) in [7, 11) is -3.76. The molecule has 1 N–H and O–H groups in total. The maximum absolute atomic E-state index is 13.2. The van der Waals surface area contributed by atoms with Crippen LogP contribution in [0.25, 0.3) is 0 Å². The van der Waals surface area contributed by atoms with Crippen LogP contribution in [0, 0.1) is 0 Å². The van der Waals surface area contributed by atoms with Crippen molar-refractivity contribution in [1.29, 1.82) is 0 Å². The predicted molar refractivity (Wildman–Crippen MR) is 122 cm³/mol. The monoisotopic (exact) mass is 464 g/mol. The minimum atomic E-state index is -3.76. The van der Waals surface area contributed by atoms with Gasteiger partial charge in [0, 0.05) is 18.7 Å². The van der Waals surface area contributed by atoms with Gasteiger partial charge in [-0.15, -0.1) is 0 Å². The van der Waals surface area contributed by atoms with Crippen molar-refractivity contribution in [3.05, 3.63) is 58.6 Å². The van der Waals surface area contributed by atoms with Crippen LogP contribution in [0.5, 0.6) is 5.75 Å². The lowest BCUT2D eigenvalue weighted by molar-refractivity contribution is 0.0939. The average Bonchev–Trinajstić information content (AvgIpc) is 3.05. The Hall–Kier alpha value is -2.09. The van der Waals surface area contributed by atoms with E-state index in [4.69, 9.17) is 16.3 Å². The van der Waals surface area contributed by atoms with Crippen molar-refractivity contribution in [2.75, 3.05) is 19.7 Å². The lowest BCUT2D eigenvalue weighted by Gasteiger charge is -2.21. The van der Waals surface area contributed by atoms with Crippen LogP contribution in [-0.4, -0.2) is 38.3 Å². The maximum atomic E-state index is 13.2. The number of hydrogen-bond donors (Lipinski definition) is 1. The van der Waals surface area contributed by atoms with Crippen molar-refractivity contribution < 1.29 is 17.9 Å².